The van der Waals surface area contributed by atoms with Crippen LogP contribution in [0.1, 0.15) is 28.3 Å². The number of β-amino-alcohol motifs (C(OH)–C–C–N with tert-alkyl or cyclic N) is 1. The third kappa shape index (κ3) is 5.23. The van der Waals surface area contributed by atoms with Gasteiger partial charge in [-0.1, -0.05) is 66.2 Å². The van der Waals surface area contributed by atoms with Crippen LogP contribution in [0.4, 0.5) is 0 Å². The van der Waals surface area contributed by atoms with Gasteiger partial charge in [-0.05, 0) is 53.3 Å². The Morgan fingerprint density at radius 1 is 0.892 bits per heavy atom. The van der Waals surface area contributed by atoms with E-state index in [9.17, 15) is 5.11 Å². The molecule has 1 aliphatic carbocycles. The van der Waals surface area contributed by atoms with E-state index in [2.05, 4.69) is 63.3 Å². The molecule has 37 heavy (non-hydrogen) atoms. The molecule has 190 valence electrons. The van der Waals surface area contributed by atoms with Crippen molar-refractivity contribution in [1.29, 1.82) is 0 Å². The molecule has 6 heteroatoms. The summed E-state index contributed by atoms with van der Waals surface area (Å²) in [5.74, 6) is 0.696. The minimum absolute atomic E-state index is 0.231. The lowest BCUT2D eigenvalue weighted by Gasteiger charge is -2.40. The second-order valence-electron chi connectivity index (χ2n) is 10.1. The van der Waals surface area contributed by atoms with Gasteiger partial charge in [0, 0.05) is 44.3 Å². The summed E-state index contributed by atoms with van der Waals surface area (Å²) in [6.07, 6.45) is 3.24. The Hall–Kier alpha value is -2.96. The molecule has 6 rings (SSSR count). The van der Waals surface area contributed by atoms with E-state index in [0.29, 0.717) is 17.3 Å². The summed E-state index contributed by atoms with van der Waals surface area (Å²) in [7, 11) is 0. The van der Waals surface area contributed by atoms with E-state index in [1.54, 1.807) is 6.20 Å². The Balaban J connectivity index is 1.10. The number of nitrogens with zero attached hydrogens (tertiary/aromatic N) is 3. The third-order valence-electron chi connectivity index (χ3n) is 7.69. The number of hydrogen-bond acceptors (Lipinski definition) is 5. The quantitative estimate of drug-likeness (QED) is 0.387. The van der Waals surface area contributed by atoms with E-state index in [4.69, 9.17) is 16.3 Å². The summed E-state index contributed by atoms with van der Waals surface area (Å²) >= 11 is 6.14. The number of pyridine rings is 1. The summed E-state index contributed by atoms with van der Waals surface area (Å²) in [6.45, 7) is 4.60. The fourth-order valence-corrected chi connectivity index (χ4v) is 6.01. The van der Waals surface area contributed by atoms with Crippen molar-refractivity contribution in [3.05, 3.63) is 106 Å². The molecule has 1 N–H and O–H groups in total. The largest absolute Gasteiger partial charge is 0.490 e. The molecular formula is C31H32ClN3O2. The first-order chi connectivity index (χ1) is 18.2. The number of piperazine rings is 1. The highest BCUT2D eigenvalue weighted by Gasteiger charge is 2.31. The SMILES string of the molecule is OC(COc1cccc2ncc(Cl)cc12)CN1CCN(C2c3ccccc3CCc3ccccc32)CC1. The van der Waals surface area contributed by atoms with Crippen LogP contribution in [0.5, 0.6) is 5.75 Å². The van der Waals surface area contributed by atoms with E-state index in [-0.39, 0.29) is 12.6 Å². The molecule has 3 aromatic carbocycles. The van der Waals surface area contributed by atoms with Gasteiger partial charge in [0.05, 0.1) is 16.6 Å². The molecule has 4 aromatic rings. The molecule has 1 unspecified atom stereocenters. The van der Waals surface area contributed by atoms with Crippen molar-refractivity contribution in [2.45, 2.75) is 25.0 Å². The lowest BCUT2D eigenvalue weighted by Crippen LogP contribution is -2.50. The van der Waals surface area contributed by atoms with Crippen LogP contribution in [-0.2, 0) is 12.8 Å². The number of hydrogen-bond donors (Lipinski definition) is 1. The van der Waals surface area contributed by atoms with Gasteiger partial charge >= 0.3 is 0 Å². The molecule has 0 radical (unpaired) electrons. The second-order valence-corrected chi connectivity index (χ2v) is 10.5. The van der Waals surface area contributed by atoms with E-state index in [1.165, 1.54) is 22.3 Å². The maximum absolute atomic E-state index is 10.8. The van der Waals surface area contributed by atoms with Gasteiger partial charge in [-0.25, -0.2) is 0 Å². The van der Waals surface area contributed by atoms with Crippen LogP contribution in [0.3, 0.4) is 0 Å². The zero-order valence-electron chi connectivity index (χ0n) is 20.9. The third-order valence-corrected chi connectivity index (χ3v) is 7.89. The molecule has 2 aliphatic rings. The normalized spacial score (nSPS) is 17.7. The highest BCUT2D eigenvalue weighted by molar-refractivity contribution is 6.31. The molecule has 0 amide bonds. The lowest BCUT2D eigenvalue weighted by molar-refractivity contribution is 0.0403. The Labute approximate surface area is 223 Å². The molecule has 1 saturated heterocycles. The molecule has 1 fully saturated rings. The monoisotopic (exact) mass is 513 g/mol. The number of fused-ring (bicyclic) bond motifs is 3. The van der Waals surface area contributed by atoms with Gasteiger partial charge in [-0.3, -0.25) is 14.8 Å². The van der Waals surface area contributed by atoms with E-state index in [1.807, 2.05) is 24.3 Å². The summed E-state index contributed by atoms with van der Waals surface area (Å²) in [6, 6.07) is 25.8. The Morgan fingerprint density at radius 3 is 2.27 bits per heavy atom. The summed E-state index contributed by atoms with van der Waals surface area (Å²) < 4.78 is 6.00. The molecule has 5 nitrogen and oxygen atoms in total. The average Bonchev–Trinajstić information content (AvgIpc) is 3.09. The first-order valence-electron chi connectivity index (χ1n) is 13.1. The van der Waals surface area contributed by atoms with Crippen LogP contribution < -0.4 is 4.74 Å². The fraction of sp³-hybridized carbons (Fsp3) is 0.323. The number of halogens is 1. The number of aliphatic hydroxyl groups excluding tert-OH is 1. The van der Waals surface area contributed by atoms with E-state index < -0.39 is 6.10 Å². The van der Waals surface area contributed by atoms with Gasteiger partial charge in [0.15, 0.2) is 0 Å². The molecule has 2 heterocycles. The van der Waals surface area contributed by atoms with Crippen molar-refractivity contribution in [2.24, 2.45) is 0 Å². The van der Waals surface area contributed by atoms with Crippen LogP contribution in [0.15, 0.2) is 79.0 Å². The first kappa shape index (κ1) is 24.4. The van der Waals surface area contributed by atoms with Crippen molar-refractivity contribution in [3.63, 3.8) is 0 Å². The molecule has 0 saturated carbocycles. The fourth-order valence-electron chi connectivity index (χ4n) is 5.85. The second kappa shape index (κ2) is 10.8. The Kier molecular flexibility index (Phi) is 7.12. The number of ether oxygens (including phenoxy) is 1. The molecular weight excluding hydrogens is 482 g/mol. The molecule has 1 atom stereocenters. The van der Waals surface area contributed by atoms with Crippen molar-refractivity contribution in [1.82, 2.24) is 14.8 Å². The van der Waals surface area contributed by atoms with Crippen molar-refractivity contribution in [2.75, 3.05) is 39.3 Å². The zero-order chi connectivity index (χ0) is 25.2. The highest BCUT2D eigenvalue weighted by Crippen LogP contribution is 2.37. The molecule has 1 aliphatic heterocycles. The van der Waals surface area contributed by atoms with Crippen LogP contribution in [0.25, 0.3) is 10.9 Å². The number of aromatic nitrogens is 1. The standard InChI is InChI=1S/C31H32ClN3O2/c32-24-18-28-29(33-19-24)10-5-11-30(28)37-21-25(36)20-34-14-16-35(17-15-34)31-26-8-3-1-6-22(26)12-13-23-7-2-4-9-27(23)31/h1-11,18-19,25,31,36H,12-17,20-21H2. The smallest absolute Gasteiger partial charge is 0.128 e. The summed E-state index contributed by atoms with van der Waals surface area (Å²) in [5, 5.41) is 12.2. The average molecular weight is 514 g/mol. The van der Waals surface area contributed by atoms with Crippen LogP contribution in [-0.4, -0.2) is 65.3 Å². The molecule has 0 spiro atoms. The van der Waals surface area contributed by atoms with Gasteiger partial charge < -0.3 is 9.84 Å². The number of benzene rings is 3. The van der Waals surface area contributed by atoms with Crippen LogP contribution in [0.2, 0.25) is 5.02 Å². The first-order valence-corrected chi connectivity index (χ1v) is 13.5. The van der Waals surface area contributed by atoms with Crippen molar-refractivity contribution < 1.29 is 9.84 Å². The van der Waals surface area contributed by atoms with Gasteiger partial charge in [-0.15, -0.1) is 0 Å². The Morgan fingerprint density at radius 2 is 1.57 bits per heavy atom. The summed E-state index contributed by atoms with van der Waals surface area (Å²) in [5.41, 5.74) is 6.64. The maximum Gasteiger partial charge on any atom is 0.128 e. The number of rotatable bonds is 6. The lowest BCUT2D eigenvalue weighted by atomic mass is 9.92. The summed E-state index contributed by atoms with van der Waals surface area (Å²) in [4.78, 5) is 9.32. The van der Waals surface area contributed by atoms with Gasteiger partial charge in [0.25, 0.3) is 0 Å². The maximum atomic E-state index is 10.8. The predicted octanol–water partition coefficient (Wildman–Crippen LogP) is 5.13. The van der Waals surface area contributed by atoms with Gasteiger partial charge in [0.1, 0.15) is 18.5 Å². The van der Waals surface area contributed by atoms with Crippen molar-refractivity contribution in [3.8, 4) is 5.75 Å². The highest BCUT2D eigenvalue weighted by atomic mass is 35.5. The predicted molar refractivity (Wildman–Crippen MR) is 148 cm³/mol. The minimum atomic E-state index is -0.576. The van der Waals surface area contributed by atoms with Gasteiger partial charge in [-0.2, -0.15) is 0 Å². The van der Waals surface area contributed by atoms with Crippen LogP contribution >= 0.6 is 11.6 Å². The molecule has 1 aromatic heterocycles. The Bertz CT molecular complexity index is 1340. The number of aliphatic hydroxyl groups is 1. The van der Waals surface area contributed by atoms with Crippen molar-refractivity contribution >= 4 is 22.5 Å². The van der Waals surface area contributed by atoms with Gasteiger partial charge in [0.2, 0.25) is 0 Å². The van der Waals surface area contributed by atoms with E-state index >= 15 is 0 Å². The topological polar surface area (TPSA) is 48.8 Å². The molecule has 0 bridgehead atoms. The number of aryl methyl sites for hydroxylation is 2. The van der Waals surface area contributed by atoms with E-state index in [0.717, 1.165) is 49.9 Å². The van der Waals surface area contributed by atoms with Crippen LogP contribution in [0, 0.1) is 0 Å². The minimum Gasteiger partial charge on any atom is -0.490 e. The zero-order valence-corrected chi connectivity index (χ0v) is 21.6.